The van der Waals surface area contributed by atoms with Crippen LogP contribution in [0.25, 0.3) is 0 Å². The number of guanidine groups is 1. The molecule has 1 aromatic rings. The van der Waals surface area contributed by atoms with Crippen molar-refractivity contribution < 1.29 is 9.47 Å². The van der Waals surface area contributed by atoms with E-state index in [1.807, 2.05) is 25.0 Å². The van der Waals surface area contributed by atoms with E-state index < -0.39 is 0 Å². The fraction of sp³-hybridized carbons (Fsp3) is 0.789. The second-order valence-corrected chi connectivity index (χ2v) is 7.25. The van der Waals surface area contributed by atoms with Gasteiger partial charge in [0, 0.05) is 46.5 Å². The first kappa shape index (κ1) is 19.2. The fourth-order valence-corrected chi connectivity index (χ4v) is 3.67. The SMILES string of the molecule is CN=C(NCCc1cnn(C)c1)N1CCC(OCC2CCCCO2)CC1. The number of piperidine rings is 1. The topological polar surface area (TPSA) is 63.9 Å². The van der Waals surface area contributed by atoms with Crippen LogP contribution in [-0.2, 0) is 22.9 Å². The van der Waals surface area contributed by atoms with Crippen LogP contribution in [0, 0.1) is 0 Å². The molecule has 2 saturated heterocycles. The van der Waals surface area contributed by atoms with Crippen LogP contribution < -0.4 is 5.32 Å². The van der Waals surface area contributed by atoms with Crippen molar-refractivity contribution in [1.82, 2.24) is 20.0 Å². The van der Waals surface area contributed by atoms with Crippen molar-refractivity contribution in [3.63, 3.8) is 0 Å². The molecule has 1 atom stereocenters. The van der Waals surface area contributed by atoms with Crippen LogP contribution in [0.3, 0.4) is 0 Å². The average molecular weight is 364 g/mol. The van der Waals surface area contributed by atoms with Gasteiger partial charge in [-0.05, 0) is 44.1 Å². The van der Waals surface area contributed by atoms with Crippen LogP contribution in [0.2, 0.25) is 0 Å². The summed E-state index contributed by atoms with van der Waals surface area (Å²) in [5.41, 5.74) is 1.24. The molecule has 0 saturated carbocycles. The van der Waals surface area contributed by atoms with Crippen LogP contribution in [0.4, 0.5) is 0 Å². The number of hydrogen-bond acceptors (Lipinski definition) is 4. The molecule has 2 aliphatic rings. The summed E-state index contributed by atoms with van der Waals surface area (Å²) in [4.78, 5) is 6.78. The summed E-state index contributed by atoms with van der Waals surface area (Å²) >= 11 is 0. The highest BCUT2D eigenvalue weighted by Crippen LogP contribution is 2.17. The minimum atomic E-state index is 0.309. The van der Waals surface area contributed by atoms with Crippen LogP contribution in [0.5, 0.6) is 0 Å². The van der Waals surface area contributed by atoms with Crippen molar-refractivity contribution in [2.75, 3.05) is 39.9 Å². The number of rotatable bonds is 6. The summed E-state index contributed by atoms with van der Waals surface area (Å²) in [7, 11) is 3.80. The Morgan fingerprint density at radius 1 is 1.35 bits per heavy atom. The van der Waals surface area contributed by atoms with Crippen molar-refractivity contribution in [2.45, 2.75) is 50.7 Å². The van der Waals surface area contributed by atoms with Crippen molar-refractivity contribution >= 4 is 5.96 Å². The number of ether oxygens (including phenoxy) is 2. The van der Waals surface area contributed by atoms with E-state index in [1.54, 1.807) is 0 Å². The van der Waals surface area contributed by atoms with Gasteiger partial charge in [0.25, 0.3) is 0 Å². The molecule has 1 aromatic heterocycles. The normalized spacial score (nSPS) is 22.6. The Morgan fingerprint density at radius 2 is 2.19 bits per heavy atom. The van der Waals surface area contributed by atoms with Crippen molar-refractivity contribution in [3.05, 3.63) is 18.0 Å². The lowest BCUT2D eigenvalue weighted by Gasteiger charge is -2.35. The second kappa shape index (κ2) is 9.92. The Bertz CT molecular complexity index is 560. The molecule has 2 fully saturated rings. The Kier molecular flexibility index (Phi) is 7.32. The Hall–Kier alpha value is -1.60. The van der Waals surface area contributed by atoms with E-state index >= 15 is 0 Å². The smallest absolute Gasteiger partial charge is 0.193 e. The zero-order chi connectivity index (χ0) is 18.2. The molecule has 0 spiro atoms. The standard InChI is InChI=1S/C19H33N5O2/c1-20-19(21-9-6-16-13-22-23(2)14-16)24-10-7-17(8-11-24)26-15-18-5-3-4-12-25-18/h13-14,17-18H,3-12,15H2,1-2H3,(H,20,21). The molecule has 1 unspecified atom stereocenters. The molecule has 7 heteroatoms. The van der Waals surface area contributed by atoms with Crippen LogP contribution in [-0.4, -0.2) is 72.7 Å². The molecule has 3 rings (SSSR count). The zero-order valence-corrected chi connectivity index (χ0v) is 16.2. The molecule has 26 heavy (non-hydrogen) atoms. The van der Waals surface area contributed by atoms with Gasteiger partial charge >= 0.3 is 0 Å². The molecule has 1 N–H and O–H groups in total. The summed E-state index contributed by atoms with van der Waals surface area (Å²) in [5, 5.41) is 7.68. The van der Waals surface area contributed by atoms with Gasteiger partial charge in [-0.25, -0.2) is 0 Å². The third kappa shape index (κ3) is 5.71. The Balaban J connectivity index is 1.34. The van der Waals surface area contributed by atoms with Gasteiger partial charge in [-0.3, -0.25) is 9.67 Å². The van der Waals surface area contributed by atoms with Crippen molar-refractivity contribution in [1.29, 1.82) is 0 Å². The van der Waals surface area contributed by atoms with Gasteiger partial charge in [0.05, 0.1) is 25.0 Å². The number of aryl methyl sites for hydroxylation is 1. The van der Waals surface area contributed by atoms with Gasteiger partial charge in [0.15, 0.2) is 5.96 Å². The minimum absolute atomic E-state index is 0.309. The third-order valence-corrected chi connectivity index (χ3v) is 5.20. The first-order chi connectivity index (χ1) is 12.7. The summed E-state index contributed by atoms with van der Waals surface area (Å²) in [6.45, 7) is 4.50. The summed E-state index contributed by atoms with van der Waals surface area (Å²) in [6.07, 6.45) is 11.3. The van der Waals surface area contributed by atoms with Crippen LogP contribution in [0.15, 0.2) is 17.4 Å². The lowest BCUT2D eigenvalue weighted by atomic mass is 10.1. The maximum absolute atomic E-state index is 6.10. The molecule has 0 amide bonds. The lowest BCUT2D eigenvalue weighted by molar-refractivity contribution is -0.0721. The Labute approximate surface area is 156 Å². The molecule has 0 radical (unpaired) electrons. The van der Waals surface area contributed by atoms with Gasteiger partial charge in [-0.15, -0.1) is 0 Å². The molecule has 7 nitrogen and oxygen atoms in total. The molecule has 0 bridgehead atoms. The largest absolute Gasteiger partial charge is 0.376 e. The number of aliphatic imine (C=N–C) groups is 1. The fourth-order valence-electron chi connectivity index (χ4n) is 3.67. The highest BCUT2D eigenvalue weighted by molar-refractivity contribution is 5.79. The van der Waals surface area contributed by atoms with Gasteiger partial charge in [0.1, 0.15) is 0 Å². The quantitative estimate of drug-likeness (QED) is 0.614. The second-order valence-electron chi connectivity index (χ2n) is 7.25. The predicted octanol–water partition coefficient (Wildman–Crippen LogP) is 1.59. The lowest BCUT2D eigenvalue weighted by Crippen LogP contribution is -2.47. The third-order valence-electron chi connectivity index (χ3n) is 5.20. The number of hydrogen-bond donors (Lipinski definition) is 1. The van der Waals surface area contributed by atoms with Gasteiger partial charge in [0.2, 0.25) is 0 Å². The highest BCUT2D eigenvalue weighted by Gasteiger charge is 2.23. The number of nitrogens with one attached hydrogen (secondary N) is 1. The van der Waals surface area contributed by atoms with E-state index in [2.05, 4.69) is 26.5 Å². The predicted molar refractivity (Wildman–Crippen MR) is 102 cm³/mol. The van der Waals surface area contributed by atoms with Gasteiger partial charge in [-0.2, -0.15) is 5.10 Å². The van der Waals surface area contributed by atoms with E-state index in [0.29, 0.717) is 12.2 Å². The first-order valence-electron chi connectivity index (χ1n) is 9.91. The van der Waals surface area contributed by atoms with Crippen molar-refractivity contribution in [2.24, 2.45) is 12.0 Å². The highest BCUT2D eigenvalue weighted by atomic mass is 16.5. The number of aromatic nitrogens is 2. The van der Waals surface area contributed by atoms with Crippen molar-refractivity contribution in [3.8, 4) is 0 Å². The summed E-state index contributed by atoms with van der Waals surface area (Å²) in [5.74, 6) is 0.989. The van der Waals surface area contributed by atoms with Crippen LogP contribution in [0.1, 0.15) is 37.7 Å². The zero-order valence-electron chi connectivity index (χ0n) is 16.2. The molecule has 0 aliphatic carbocycles. The maximum Gasteiger partial charge on any atom is 0.193 e. The summed E-state index contributed by atoms with van der Waals surface area (Å²) in [6, 6.07) is 0. The van der Waals surface area contributed by atoms with E-state index in [-0.39, 0.29) is 0 Å². The van der Waals surface area contributed by atoms with E-state index in [0.717, 1.165) is 64.5 Å². The maximum atomic E-state index is 6.10. The molecule has 0 aromatic carbocycles. The monoisotopic (exact) mass is 363 g/mol. The molecule has 2 aliphatic heterocycles. The first-order valence-corrected chi connectivity index (χ1v) is 9.91. The molecular formula is C19H33N5O2. The molecule has 3 heterocycles. The van der Waals surface area contributed by atoms with Crippen LogP contribution >= 0.6 is 0 Å². The van der Waals surface area contributed by atoms with E-state index in [9.17, 15) is 0 Å². The van der Waals surface area contributed by atoms with E-state index in [4.69, 9.17) is 9.47 Å². The number of likely N-dealkylation sites (tertiary alicyclic amines) is 1. The minimum Gasteiger partial charge on any atom is -0.376 e. The number of nitrogens with zero attached hydrogens (tertiary/aromatic N) is 4. The van der Waals surface area contributed by atoms with E-state index in [1.165, 1.54) is 18.4 Å². The van der Waals surface area contributed by atoms with Gasteiger partial charge in [-0.1, -0.05) is 0 Å². The Morgan fingerprint density at radius 3 is 2.85 bits per heavy atom. The molecular weight excluding hydrogens is 330 g/mol. The average Bonchev–Trinajstić information content (AvgIpc) is 3.10. The van der Waals surface area contributed by atoms with Gasteiger partial charge < -0.3 is 19.7 Å². The summed E-state index contributed by atoms with van der Waals surface area (Å²) < 4.78 is 13.7. The molecule has 146 valence electrons.